The maximum absolute atomic E-state index is 12.1. The molecular weight excluding hydrogens is 280 g/mol. The predicted molar refractivity (Wildman–Crippen MR) is 77.8 cm³/mol. The molecule has 1 saturated heterocycles. The van der Waals surface area contributed by atoms with Gasteiger partial charge in [-0.2, -0.15) is 4.31 Å². The van der Waals surface area contributed by atoms with Crippen molar-refractivity contribution in [3.8, 4) is 0 Å². The molecule has 1 heterocycles. The fourth-order valence-electron chi connectivity index (χ4n) is 2.48. The minimum Gasteiger partial charge on any atom is -0.396 e. The zero-order chi connectivity index (χ0) is 15.0. The number of unbranched alkanes of at least 4 members (excludes halogenated alkanes) is 3. The van der Waals surface area contributed by atoms with Crippen molar-refractivity contribution >= 4 is 15.9 Å². The van der Waals surface area contributed by atoms with E-state index in [4.69, 9.17) is 5.11 Å². The van der Waals surface area contributed by atoms with Crippen molar-refractivity contribution in [2.24, 2.45) is 0 Å². The lowest BCUT2D eigenvalue weighted by molar-refractivity contribution is -0.125. The zero-order valence-corrected chi connectivity index (χ0v) is 13.0. The molecule has 0 aromatic carbocycles. The molecule has 1 amide bonds. The highest BCUT2D eigenvalue weighted by atomic mass is 32.2. The minimum absolute atomic E-state index is 0.183. The van der Waals surface area contributed by atoms with Crippen LogP contribution >= 0.6 is 0 Å². The van der Waals surface area contributed by atoms with E-state index < -0.39 is 16.1 Å². The Kier molecular flexibility index (Phi) is 7.47. The van der Waals surface area contributed by atoms with Gasteiger partial charge in [0.1, 0.15) is 6.04 Å². The van der Waals surface area contributed by atoms with Gasteiger partial charge in [0.05, 0.1) is 6.26 Å². The third-order valence-corrected chi connectivity index (χ3v) is 4.86. The van der Waals surface area contributed by atoms with Crippen LogP contribution < -0.4 is 5.32 Å². The van der Waals surface area contributed by atoms with Crippen LogP contribution in [0, 0.1) is 0 Å². The van der Waals surface area contributed by atoms with Crippen molar-refractivity contribution < 1.29 is 18.3 Å². The second-order valence-corrected chi connectivity index (χ2v) is 7.25. The van der Waals surface area contributed by atoms with Crippen LogP contribution in [-0.2, 0) is 14.8 Å². The highest BCUT2D eigenvalue weighted by Crippen LogP contribution is 2.19. The van der Waals surface area contributed by atoms with Gasteiger partial charge in [-0.1, -0.05) is 19.3 Å². The summed E-state index contributed by atoms with van der Waals surface area (Å²) in [4.78, 5) is 12.1. The van der Waals surface area contributed by atoms with Crippen LogP contribution in [0.5, 0.6) is 0 Å². The number of piperidine rings is 1. The Balaban J connectivity index is 2.37. The number of sulfonamides is 1. The van der Waals surface area contributed by atoms with Crippen molar-refractivity contribution in [2.75, 3.05) is 26.0 Å². The Morgan fingerprint density at radius 2 is 1.95 bits per heavy atom. The predicted octanol–water partition coefficient (Wildman–Crippen LogP) is 0.469. The van der Waals surface area contributed by atoms with Gasteiger partial charge in [-0.25, -0.2) is 8.42 Å². The molecule has 0 aromatic heterocycles. The van der Waals surface area contributed by atoms with Crippen LogP contribution in [0.3, 0.4) is 0 Å². The SMILES string of the molecule is CS(=O)(=O)N1CCCCC1C(=O)NCCCCCCO. The fraction of sp³-hybridized carbons (Fsp3) is 0.923. The lowest BCUT2D eigenvalue weighted by Crippen LogP contribution is -2.51. The van der Waals surface area contributed by atoms with Gasteiger partial charge in [-0.15, -0.1) is 0 Å². The molecular formula is C13H26N2O4S. The number of carbonyl (C=O) groups excluding carboxylic acids is 1. The van der Waals surface area contributed by atoms with Crippen molar-refractivity contribution in [1.29, 1.82) is 0 Å². The highest BCUT2D eigenvalue weighted by Gasteiger charge is 2.33. The summed E-state index contributed by atoms with van der Waals surface area (Å²) in [7, 11) is -3.32. The standard InChI is InChI=1S/C13H26N2O4S/c1-20(18,19)15-10-6-4-8-12(15)13(17)14-9-5-2-3-7-11-16/h12,16H,2-11H2,1H3,(H,14,17). The van der Waals surface area contributed by atoms with E-state index >= 15 is 0 Å². The first-order valence-corrected chi connectivity index (χ1v) is 9.17. The topological polar surface area (TPSA) is 86.7 Å². The Morgan fingerprint density at radius 3 is 2.60 bits per heavy atom. The monoisotopic (exact) mass is 306 g/mol. The Morgan fingerprint density at radius 1 is 1.25 bits per heavy atom. The summed E-state index contributed by atoms with van der Waals surface area (Å²) < 4.78 is 24.7. The summed E-state index contributed by atoms with van der Waals surface area (Å²) in [6, 6.07) is -0.545. The minimum atomic E-state index is -3.32. The molecule has 2 N–H and O–H groups in total. The summed E-state index contributed by atoms with van der Waals surface area (Å²) >= 11 is 0. The Labute approximate surface area is 121 Å². The van der Waals surface area contributed by atoms with Gasteiger partial charge in [0, 0.05) is 19.7 Å². The molecule has 1 aliphatic rings. The molecule has 1 fully saturated rings. The van der Waals surface area contributed by atoms with Gasteiger partial charge in [-0.3, -0.25) is 4.79 Å². The second kappa shape index (κ2) is 8.59. The molecule has 1 atom stereocenters. The van der Waals surface area contributed by atoms with Crippen molar-refractivity contribution in [3.05, 3.63) is 0 Å². The molecule has 0 bridgehead atoms. The van der Waals surface area contributed by atoms with Crippen molar-refractivity contribution in [2.45, 2.75) is 51.0 Å². The van der Waals surface area contributed by atoms with Crippen molar-refractivity contribution in [1.82, 2.24) is 9.62 Å². The first kappa shape index (κ1) is 17.4. The third-order valence-electron chi connectivity index (χ3n) is 3.57. The number of carbonyl (C=O) groups is 1. The van der Waals surface area contributed by atoms with Crippen LogP contribution in [0.15, 0.2) is 0 Å². The van der Waals surface area contributed by atoms with Gasteiger partial charge in [0.15, 0.2) is 0 Å². The van der Waals surface area contributed by atoms with E-state index in [1.165, 1.54) is 4.31 Å². The van der Waals surface area contributed by atoms with Gasteiger partial charge in [-0.05, 0) is 25.7 Å². The molecule has 0 spiro atoms. The van der Waals surface area contributed by atoms with E-state index in [1.807, 2.05) is 0 Å². The average molecular weight is 306 g/mol. The van der Waals surface area contributed by atoms with Gasteiger partial charge in [0.25, 0.3) is 0 Å². The summed E-state index contributed by atoms with van der Waals surface area (Å²) in [5.74, 6) is -0.183. The van der Waals surface area contributed by atoms with Crippen molar-refractivity contribution in [3.63, 3.8) is 0 Å². The number of aliphatic hydroxyl groups is 1. The number of hydrogen-bond acceptors (Lipinski definition) is 4. The number of rotatable bonds is 8. The highest BCUT2D eigenvalue weighted by molar-refractivity contribution is 7.88. The molecule has 0 radical (unpaired) electrons. The van der Waals surface area contributed by atoms with Crippen LogP contribution in [-0.4, -0.2) is 55.7 Å². The third kappa shape index (κ3) is 5.76. The molecule has 0 aliphatic carbocycles. The van der Waals surface area contributed by atoms with Crippen LogP contribution in [0.2, 0.25) is 0 Å². The molecule has 118 valence electrons. The molecule has 6 nitrogen and oxygen atoms in total. The van der Waals surface area contributed by atoms with Crippen LogP contribution in [0.4, 0.5) is 0 Å². The number of nitrogens with one attached hydrogen (secondary N) is 1. The number of aliphatic hydroxyl groups excluding tert-OH is 1. The Bertz CT molecular complexity index is 397. The molecule has 1 rings (SSSR count). The largest absolute Gasteiger partial charge is 0.396 e. The van der Waals surface area contributed by atoms with E-state index in [-0.39, 0.29) is 12.5 Å². The smallest absolute Gasteiger partial charge is 0.238 e. The molecule has 20 heavy (non-hydrogen) atoms. The molecule has 1 unspecified atom stereocenters. The first-order chi connectivity index (χ1) is 9.46. The van der Waals surface area contributed by atoms with Gasteiger partial charge >= 0.3 is 0 Å². The molecule has 1 aliphatic heterocycles. The molecule has 0 saturated carbocycles. The van der Waals surface area contributed by atoms with E-state index in [0.717, 1.165) is 44.8 Å². The first-order valence-electron chi connectivity index (χ1n) is 7.32. The summed E-state index contributed by atoms with van der Waals surface area (Å²) in [5, 5.41) is 11.5. The number of hydrogen-bond donors (Lipinski definition) is 2. The summed E-state index contributed by atoms with van der Waals surface area (Å²) in [6.07, 6.45) is 7.03. The van der Waals surface area contributed by atoms with E-state index in [2.05, 4.69) is 5.32 Å². The molecule has 7 heteroatoms. The lowest BCUT2D eigenvalue weighted by Gasteiger charge is -2.32. The lowest BCUT2D eigenvalue weighted by atomic mass is 10.0. The Hall–Kier alpha value is -0.660. The van der Waals surface area contributed by atoms with Crippen LogP contribution in [0.1, 0.15) is 44.9 Å². The number of amides is 1. The maximum atomic E-state index is 12.1. The summed E-state index contributed by atoms with van der Waals surface area (Å²) in [6.45, 7) is 1.21. The van der Waals surface area contributed by atoms with Crippen LogP contribution in [0.25, 0.3) is 0 Å². The quantitative estimate of drug-likeness (QED) is 0.638. The van der Waals surface area contributed by atoms with E-state index in [1.54, 1.807) is 0 Å². The normalized spacial score (nSPS) is 20.8. The average Bonchev–Trinajstić information content (AvgIpc) is 2.41. The summed E-state index contributed by atoms with van der Waals surface area (Å²) in [5.41, 5.74) is 0. The van der Waals surface area contributed by atoms with Gasteiger partial charge < -0.3 is 10.4 Å². The number of nitrogens with zero attached hydrogens (tertiary/aromatic N) is 1. The zero-order valence-electron chi connectivity index (χ0n) is 12.2. The molecule has 0 aromatic rings. The van der Waals surface area contributed by atoms with E-state index in [9.17, 15) is 13.2 Å². The van der Waals surface area contributed by atoms with E-state index in [0.29, 0.717) is 19.5 Å². The van der Waals surface area contributed by atoms with Gasteiger partial charge in [0.2, 0.25) is 15.9 Å². The maximum Gasteiger partial charge on any atom is 0.238 e. The second-order valence-electron chi connectivity index (χ2n) is 5.31. The fourth-order valence-corrected chi connectivity index (χ4v) is 3.61.